The molecule has 0 atom stereocenters. The fourth-order valence-corrected chi connectivity index (χ4v) is 4.54. The van der Waals surface area contributed by atoms with Gasteiger partial charge in [-0.25, -0.2) is 12.8 Å². The van der Waals surface area contributed by atoms with Gasteiger partial charge in [-0.05, 0) is 55.3 Å². The molecule has 1 N–H and O–H groups in total. The molecule has 0 spiro atoms. The Morgan fingerprint density at radius 3 is 2.64 bits per heavy atom. The van der Waals surface area contributed by atoms with E-state index in [0.717, 1.165) is 0 Å². The van der Waals surface area contributed by atoms with Crippen molar-refractivity contribution in [3.63, 3.8) is 0 Å². The molecule has 3 rings (SSSR count). The Kier molecular flexibility index (Phi) is 4.71. The number of nitrogens with one attached hydrogen (secondary N) is 1. The zero-order chi connectivity index (χ0) is 18.2. The molecule has 1 aliphatic rings. The molecule has 1 heterocycles. The smallest absolute Gasteiger partial charge is 0.257 e. The van der Waals surface area contributed by atoms with Crippen molar-refractivity contribution >= 4 is 38.9 Å². The summed E-state index contributed by atoms with van der Waals surface area (Å²) in [7, 11) is -3.36. The standard InChI is InChI=1S/C17H16ClFN2O3S/c1-11-7-12(19)9-13(8-11)20-17(22)15-10-14(3-4-16(15)18)21-5-2-6-25(21,23)24/h3-4,7-10H,2,5-6H2,1H3,(H,20,22). The quantitative estimate of drug-likeness (QED) is 0.882. The van der Waals surface area contributed by atoms with Gasteiger partial charge in [0.25, 0.3) is 5.91 Å². The molecule has 0 bridgehead atoms. The second-order valence-electron chi connectivity index (χ2n) is 5.88. The molecule has 25 heavy (non-hydrogen) atoms. The van der Waals surface area contributed by atoms with Crippen LogP contribution in [0, 0.1) is 12.7 Å². The lowest BCUT2D eigenvalue weighted by Crippen LogP contribution is -2.25. The SMILES string of the molecule is Cc1cc(F)cc(NC(=O)c2cc(N3CCCS3(=O)=O)ccc2Cl)c1. The molecule has 1 saturated heterocycles. The lowest BCUT2D eigenvalue weighted by Gasteiger charge is -2.18. The van der Waals surface area contributed by atoms with Crippen LogP contribution in [0.25, 0.3) is 0 Å². The number of carbonyl (C=O) groups excluding carboxylic acids is 1. The number of aryl methyl sites for hydroxylation is 1. The first-order valence-corrected chi connectivity index (χ1v) is 9.63. The summed E-state index contributed by atoms with van der Waals surface area (Å²) in [5.74, 6) is -0.911. The summed E-state index contributed by atoms with van der Waals surface area (Å²) in [6.07, 6.45) is 0.537. The van der Waals surface area contributed by atoms with Gasteiger partial charge in [-0.15, -0.1) is 0 Å². The van der Waals surface area contributed by atoms with E-state index in [2.05, 4.69) is 5.32 Å². The number of amides is 1. The topological polar surface area (TPSA) is 66.5 Å². The van der Waals surface area contributed by atoms with Crippen LogP contribution in [-0.2, 0) is 10.0 Å². The van der Waals surface area contributed by atoms with Gasteiger partial charge in [-0.1, -0.05) is 11.6 Å². The third kappa shape index (κ3) is 3.77. The van der Waals surface area contributed by atoms with E-state index in [-0.39, 0.29) is 16.3 Å². The van der Waals surface area contributed by atoms with E-state index in [0.29, 0.717) is 29.9 Å². The maximum absolute atomic E-state index is 13.5. The summed E-state index contributed by atoms with van der Waals surface area (Å²) < 4.78 is 38.8. The summed E-state index contributed by atoms with van der Waals surface area (Å²) in [4.78, 5) is 12.5. The summed E-state index contributed by atoms with van der Waals surface area (Å²) >= 11 is 6.09. The van der Waals surface area contributed by atoms with E-state index in [9.17, 15) is 17.6 Å². The molecule has 5 nitrogen and oxygen atoms in total. The van der Waals surface area contributed by atoms with Crippen molar-refractivity contribution in [3.8, 4) is 0 Å². The molecule has 0 saturated carbocycles. The van der Waals surface area contributed by atoms with E-state index in [4.69, 9.17) is 11.6 Å². The lowest BCUT2D eigenvalue weighted by atomic mass is 10.1. The maximum Gasteiger partial charge on any atom is 0.257 e. The first kappa shape index (κ1) is 17.7. The van der Waals surface area contributed by atoms with Crippen LogP contribution in [0.2, 0.25) is 5.02 Å². The molecule has 0 unspecified atom stereocenters. The molecule has 1 amide bonds. The van der Waals surface area contributed by atoms with Gasteiger partial charge in [0.1, 0.15) is 5.82 Å². The zero-order valence-electron chi connectivity index (χ0n) is 13.4. The van der Waals surface area contributed by atoms with E-state index in [1.807, 2.05) is 0 Å². The minimum atomic E-state index is -3.36. The molecular formula is C17H16ClFN2O3S. The average Bonchev–Trinajstić information content (AvgIpc) is 2.86. The third-order valence-corrected chi connectivity index (χ3v) is 6.08. The molecule has 1 fully saturated rings. The summed E-state index contributed by atoms with van der Waals surface area (Å²) in [5, 5.41) is 2.77. The summed E-state index contributed by atoms with van der Waals surface area (Å²) in [6.45, 7) is 2.08. The van der Waals surface area contributed by atoms with Gasteiger partial charge in [0.15, 0.2) is 0 Å². The Morgan fingerprint density at radius 2 is 2.00 bits per heavy atom. The van der Waals surface area contributed by atoms with Crippen molar-refractivity contribution in [1.82, 2.24) is 0 Å². The van der Waals surface area contributed by atoms with Crippen LogP contribution in [0.15, 0.2) is 36.4 Å². The van der Waals surface area contributed by atoms with Gasteiger partial charge in [-0.3, -0.25) is 9.10 Å². The Morgan fingerprint density at radius 1 is 1.24 bits per heavy atom. The van der Waals surface area contributed by atoms with Crippen LogP contribution in [0.4, 0.5) is 15.8 Å². The van der Waals surface area contributed by atoms with Crippen molar-refractivity contribution in [2.75, 3.05) is 21.9 Å². The molecule has 2 aromatic rings. The monoisotopic (exact) mass is 382 g/mol. The van der Waals surface area contributed by atoms with Gasteiger partial charge in [-0.2, -0.15) is 0 Å². The van der Waals surface area contributed by atoms with Crippen molar-refractivity contribution in [2.24, 2.45) is 0 Å². The van der Waals surface area contributed by atoms with Gasteiger partial charge >= 0.3 is 0 Å². The van der Waals surface area contributed by atoms with Crippen LogP contribution >= 0.6 is 11.6 Å². The van der Waals surface area contributed by atoms with Gasteiger partial charge in [0, 0.05) is 12.2 Å². The number of rotatable bonds is 3. The molecule has 0 aliphatic carbocycles. The molecule has 132 valence electrons. The highest BCUT2D eigenvalue weighted by Crippen LogP contribution is 2.29. The average molecular weight is 383 g/mol. The maximum atomic E-state index is 13.5. The summed E-state index contributed by atoms with van der Waals surface area (Å²) in [6, 6.07) is 8.66. The van der Waals surface area contributed by atoms with Crippen molar-refractivity contribution in [1.29, 1.82) is 0 Å². The fourth-order valence-electron chi connectivity index (χ4n) is 2.78. The first-order chi connectivity index (χ1) is 11.8. The van der Waals surface area contributed by atoms with Gasteiger partial charge < -0.3 is 5.32 Å². The number of sulfonamides is 1. The number of hydrogen-bond donors (Lipinski definition) is 1. The minimum absolute atomic E-state index is 0.0831. The number of anilines is 2. The second-order valence-corrected chi connectivity index (χ2v) is 8.30. The highest BCUT2D eigenvalue weighted by molar-refractivity contribution is 7.93. The molecule has 0 radical (unpaired) electrons. The van der Waals surface area contributed by atoms with Crippen molar-refractivity contribution in [2.45, 2.75) is 13.3 Å². The molecule has 0 aromatic heterocycles. The van der Waals surface area contributed by atoms with E-state index in [1.54, 1.807) is 19.1 Å². The number of halogens is 2. The van der Waals surface area contributed by atoms with Gasteiger partial charge in [0.2, 0.25) is 10.0 Å². The van der Waals surface area contributed by atoms with Crippen LogP contribution in [0.3, 0.4) is 0 Å². The largest absolute Gasteiger partial charge is 0.322 e. The van der Waals surface area contributed by atoms with Crippen molar-refractivity contribution in [3.05, 3.63) is 58.4 Å². The van der Waals surface area contributed by atoms with E-state index in [1.165, 1.54) is 28.6 Å². The van der Waals surface area contributed by atoms with Gasteiger partial charge in [0.05, 0.1) is 22.0 Å². The van der Waals surface area contributed by atoms with E-state index < -0.39 is 21.7 Å². The highest BCUT2D eigenvalue weighted by Gasteiger charge is 2.29. The second kappa shape index (κ2) is 6.65. The Labute approximate surface area is 150 Å². The predicted molar refractivity (Wildman–Crippen MR) is 96.3 cm³/mol. The molecular weight excluding hydrogens is 367 g/mol. The first-order valence-electron chi connectivity index (χ1n) is 7.65. The Balaban J connectivity index is 1.91. The Hall–Kier alpha value is -2.12. The number of nitrogens with zero attached hydrogens (tertiary/aromatic N) is 1. The summed E-state index contributed by atoms with van der Waals surface area (Å²) in [5.41, 5.74) is 1.49. The molecule has 8 heteroatoms. The molecule has 2 aromatic carbocycles. The van der Waals surface area contributed by atoms with E-state index >= 15 is 0 Å². The van der Waals surface area contributed by atoms with Crippen molar-refractivity contribution < 1.29 is 17.6 Å². The number of carbonyl (C=O) groups is 1. The van der Waals surface area contributed by atoms with Crippen LogP contribution in [0.1, 0.15) is 22.3 Å². The normalized spacial score (nSPS) is 16.0. The molecule has 1 aliphatic heterocycles. The third-order valence-electron chi connectivity index (χ3n) is 3.88. The fraction of sp³-hybridized carbons (Fsp3) is 0.235. The highest BCUT2D eigenvalue weighted by atomic mass is 35.5. The Bertz CT molecular complexity index is 927. The van der Waals surface area contributed by atoms with Crippen LogP contribution in [0.5, 0.6) is 0 Å². The minimum Gasteiger partial charge on any atom is -0.322 e. The lowest BCUT2D eigenvalue weighted by molar-refractivity contribution is 0.102. The number of hydrogen-bond acceptors (Lipinski definition) is 3. The predicted octanol–water partition coefficient (Wildman–Crippen LogP) is 3.58. The van der Waals surface area contributed by atoms with Crippen LogP contribution < -0.4 is 9.62 Å². The zero-order valence-corrected chi connectivity index (χ0v) is 15.0. The number of benzene rings is 2. The van der Waals surface area contributed by atoms with Crippen LogP contribution in [-0.4, -0.2) is 26.6 Å².